The third-order valence-corrected chi connectivity index (χ3v) is 6.60. The van der Waals surface area contributed by atoms with Gasteiger partial charge in [0.25, 0.3) is 11.8 Å². The highest BCUT2D eigenvalue weighted by molar-refractivity contribution is 6.31. The number of ether oxygens (including phenoxy) is 1. The van der Waals surface area contributed by atoms with Crippen LogP contribution in [0.5, 0.6) is 5.75 Å². The first kappa shape index (κ1) is 26.2. The molecule has 5 rings (SSSR count). The summed E-state index contributed by atoms with van der Waals surface area (Å²) in [5.74, 6) is -3.49. The highest BCUT2D eigenvalue weighted by atomic mass is 35.5. The van der Waals surface area contributed by atoms with Crippen molar-refractivity contribution in [2.75, 3.05) is 18.4 Å². The highest BCUT2D eigenvalue weighted by Gasteiger charge is 2.37. The second-order valence-electron chi connectivity index (χ2n) is 8.93. The molecule has 1 saturated heterocycles. The predicted octanol–water partition coefficient (Wildman–Crippen LogP) is 5.27. The minimum Gasteiger partial charge on any atom is -0.487 e. The number of amides is 2. The molecule has 0 radical (unpaired) electrons. The van der Waals surface area contributed by atoms with Crippen molar-refractivity contribution < 1.29 is 36.3 Å². The molecule has 3 aromatic rings. The predicted molar refractivity (Wildman–Crippen MR) is 128 cm³/mol. The van der Waals surface area contributed by atoms with Crippen LogP contribution in [0, 0.1) is 23.1 Å². The van der Waals surface area contributed by atoms with Crippen LogP contribution in [0.15, 0.2) is 48.5 Å². The maximum atomic E-state index is 14.1. The van der Waals surface area contributed by atoms with E-state index in [1.165, 1.54) is 23.1 Å². The van der Waals surface area contributed by atoms with Crippen LogP contribution in [0.2, 0.25) is 5.02 Å². The molecular weight excluding hydrogens is 547 g/mol. The van der Waals surface area contributed by atoms with Gasteiger partial charge in [-0.15, -0.1) is 0 Å². The highest BCUT2D eigenvalue weighted by Crippen LogP contribution is 2.42. The molecule has 1 atom stereocenters. The molecule has 2 aliphatic heterocycles. The molecule has 0 aromatic heterocycles. The number of likely N-dealkylation sites (tertiary alicyclic amines) is 1. The van der Waals surface area contributed by atoms with Gasteiger partial charge in [-0.05, 0) is 42.5 Å². The number of carbonyl (C=O) groups is 2. The van der Waals surface area contributed by atoms with E-state index < -0.39 is 52.9 Å². The molecule has 2 aliphatic rings. The molecule has 0 spiro atoms. The summed E-state index contributed by atoms with van der Waals surface area (Å²) in [6, 6.07) is 6.61. The smallest absolute Gasteiger partial charge is 0.416 e. The number of alkyl halides is 3. The minimum absolute atomic E-state index is 0.0415. The van der Waals surface area contributed by atoms with Crippen LogP contribution in [0.3, 0.4) is 0 Å². The largest absolute Gasteiger partial charge is 0.487 e. The molecule has 200 valence electrons. The van der Waals surface area contributed by atoms with Gasteiger partial charge in [0.1, 0.15) is 23.5 Å². The average Bonchev–Trinajstić information content (AvgIpc) is 3.18. The Bertz CT molecular complexity index is 1550. The summed E-state index contributed by atoms with van der Waals surface area (Å²) in [5.41, 5.74) is -1.66. The zero-order chi connectivity index (χ0) is 28.1. The van der Waals surface area contributed by atoms with E-state index in [1.807, 2.05) is 6.19 Å². The summed E-state index contributed by atoms with van der Waals surface area (Å²) in [6.45, 7) is 0.568. The summed E-state index contributed by atoms with van der Waals surface area (Å²) >= 11 is 6.27. The van der Waals surface area contributed by atoms with Gasteiger partial charge in [-0.1, -0.05) is 11.6 Å². The fraction of sp³-hybridized carbons (Fsp3) is 0.192. The number of nitrogens with one attached hydrogen (secondary N) is 2. The molecule has 0 aliphatic carbocycles. The van der Waals surface area contributed by atoms with E-state index in [-0.39, 0.29) is 52.3 Å². The number of fused-ring (bicyclic) bond motifs is 1. The fourth-order valence-corrected chi connectivity index (χ4v) is 4.64. The lowest BCUT2D eigenvalue weighted by molar-refractivity contribution is -0.137. The molecule has 2 N–H and O–H groups in total. The Kier molecular flexibility index (Phi) is 6.56. The van der Waals surface area contributed by atoms with Crippen molar-refractivity contribution in [3.05, 3.63) is 93.0 Å². The summed E-state index contributed by atoms with van der Waals surface area (Å²) in [6.07, 6.45) is -3.35. The van der Waals surface area contributed by atoms with Gasteiger partial charge in [-0.3, -0.25) is 9.59 Å². The van der Waals surface area contributed by atoms with Crippen molar-refractivity contribution in [1.82, 2.24) is 10.2 Å². The summed E-state index contributed by atoms with van der Waals surface area (Å²) in [7, 11) is 0. The van der Waals surface area contributed by atoms with Gasteiger partial charge in [0.05, 0.1) is 35.9 Å². The van der Waals surface area contributed by atoms with E-state index in [9.17, 15) is 31.5 Å². The van der Waals surface area contributed by atoms with E-state index in [4.69, 9.17) is 21.6 Å². The molecule has 39 heavy (non-hydrogen) atoms. The first-order valence-electron chi connectivity index (χ1n) is 11.4. The van der Waals surface area contributed by atoms with E-state index >= 15 is 0 Å². The molecule has 0 saturated carbocycles. The fourth-order valence-electron chi connectivity index (χ4n) is 4.41. The maximum Gasteiger partial charge on any atom is 0.416 e. The zero-order valence-corrected chi connectivity index (χ0v) is 20.3. The third kappa shape index (κ3) is 5.18. The quantitative estimate of drug-likeness (QED) is 0.327. The van der Waals surface area contributed by atoms with Gasteiger partial charge in [-0.2, -0.15) is 18.4 Å². The molecule has 1 unspecified atom stereocenters. The normalized spacial score (nSPS) is 16.7. The van der Waals surface area contributed by atoms with Crippen molar-refractivity contribution in [2.24, 2.45) is 0 Å². The van der Waals surface area contributed by atoms with Gasteiger partial charge in [0, 0.05) is 27.8 Å². The lowest BCUT2D eigenvalue weighted by Crippen LogP contribution is -2.51. The van der Waals surface area contributed by atoms with Crippen LogP contribution in [0.4, 0.5) is 27.6 Å². The molecular formula is C26H16ClF5N4O3. The molecule has 2 amide bonds. The van der Waals surface area contributed by atoms with E-state index in [1.54, 1.807) is 0 Å². The summed E-state index contributed by atoms with van der Waals surface area (Å²) in [5, 5.41) is 14.2. The number of nitrogens with zero attached hydrogens (tertiary/aromatic N) is 2. The number of hydrogen-bond donors (Lipinski definition) is 2. The van der Waals surface area contributed by atoms with Crippen LogP contribution in [0.25, 0.3) is 0 Å². The minimum atomic E-state index is -4.90. The Hall–Kier alpha value is -4.37. The molecule has 1 fully saturated rings. The summed E-state index contributed by atoms with van der Waals surface area (Å²) in [4.78, 5) is 27.4. The number of benzene rings is 3. The number of carbonyl (C=O) groups excluding carboxylic acids is 2. The number of hydrogen-bond acceptors (Lipinski definition) is 5. The van der Waals surface area contributed by atoms with Gasteiger partial charge >= 0.3 is 6.18 Å². The molecule has 0 bridgehead atoms. The van der Waals surface area contributed by atoms with Crippen molar-refractivity contribution in [1.29, 1.82) is 5.26 Å². The lowest BCUT2D eigenvalue weighted by Gasteiger charge is -2.35. The molecule has 2 heterocycles. The first-order valence-corrected chi connectivity index (χ1v) is 11.7. The summed E-state index contributed by atoms with van der Waals surface area (Å²) < 4.78 is 73.5. The van der Waals surface area contributed by atoms with Gasteiger partial charge in [0.15, 0.2) is 6.19 Å². The second kappa shape index (κ2) is 9.74. The van der Waals surface area contributed by atoms with Crippen molar-refractivity contribution in [2.45, 2.75) is 18.3 Å². The third-order valence-electron chi connectivity index (χ3n) is 6.26. The van der Waals surface area contributed by atoms with Crippen molar-refractivity contribution >= 4 is 29.1 Å². The van der Waals surface area contributed by atoms with Crippen molar-refractivity contribution in [3.63, 3.8) is 0 Å². The number of halogens is 6. The number of nitriles is 1. The number of anilines is 1. The van der Waals surface area contributed by atoms with Gasteiger partial charge in [-0.25, -0.2) is 8.78 Å². The molecule has 13 heteroatoms. The van der Waals surface area contributed by atoms with Gasteiger partial charge < -0.3 is 20.3 Å². The van der Waals surface area contributed by atoms with E-state index in [2.05, 4.69) is 10.6 Å². The lowest BCUT2D eigenvalue weighted by atomic mass is 9.95. The van der Waals surface area contributed by atoms with Crippen LogP contribution in [0.1, 0.15) is 43.4 Å². The Labute approximate surface area is 222 Å². The standard InChI is InChI=1S/C26H16ClF5N4O3/c27-20-2-1-14(28)6-18(20)23-22-19(25(38)35-23)7-16(39-17-9-36(10-17)11-33)8-21(22)34-24(37)12-3-13(26(30,31)32)5-15(29)4-12/h1-8,17,23H,9-10H2,(H,34,37)(H,35,38). The Balaban J connectivity index is 1.57. The molecule has 3 aromatic carbocycles. The average molecular weight is 563 g/mol. The van der Waals surface area contributed by atoms with Crippen LogP contribution >= 0.6 is 11.6 Å². The maximum absolute atomic E-state index is 14.1. The Morgan fingerprint density at radius 2 is 1.85 bits per heavy atom. The van der Waals surface area contributed by atoms with Crippen LogP contribution < -0.4 is 15.4 Å². The van der Waals surface area contributed by atoms with Gasteiger partial charge in [0.2, 0.25) is 0 Å². The zero-order valence-electron chi connectivity index (χ0n) is 19.6. The first-order chi connectivity index (χ1) is 18.4. The monoisotopic (exact) mass is 562 g/mol. The Morgan fingerprint density at radius 1 is 1.10 bits per heavy atom. The van der Waals surface area contributed by atoms with Crippen molar-refractivity contribution in [3.8, 4) is 11.9 Å². The Morgan fingerprint density at radius 3 is 2.54 bits per heavy atom. The number of rotatable bonds is 5. The molecule has 7 nitrogen and oxygen atoms in total. The van der Waals surface area contributed by atoms with Crippen LogP contribution in [-0.4, -0.2) is 35.9 Å². The second-order valence-corrected chi connectivity index (χ2v) is 9.34. The van der Waals surface area contributed by atoms with E-state index in [0.29, 0.717) is 12.1 Å². The SMILES string of the molecule is N#CN1CC(Oc2cc(NC(=O)c3cc(F)cc(C(F)(F)F)c3)c3c(c2)C(=O)NC3c2cc(F)ccc2Cl)C1. The van der Waals surface area contributed by atoms with Crippen LogP contribution in [-0.2, 0) is 6.18 Å². The topological polar surface area (TPSA) is 94.5 Å². The van der Waals surface area contributed by atoms with E-state index in [0.717, 1.165) is 12.1 Å².